The number of carbonyl (C=O) groups excluding carboxylic acids is 2. The summed E-state index contributed by atoms with van der Waals surface area (Å²) in [5, 5.41) is 12.8. The van der Waals surface area contributed by atoms with Crippen LogP contribution in [0.1, 0.15) is 50.4 Å². The van der Waals surface area contributed by atoms with Crippen molar-refractivity contribution in [2.75, 3.05) is 13.2 Å². The van der Waals surface area contributed by atoms with Crippen molar-refractivity contribution in [3.8, 4) is 5.75 Å². The lowest BCUT2D eigenvalue weighted by atomic mass is 9.99. The predicted molar refractivity (Wildman–Crippen MR) is 86.2 cm³/mol. The second-order valence-corrected chi connectivity index (χ2v) is 5.80. The minimum Gasteiger partial charge on any atom is -0.544 e. The Morgan fingerprint density at radius 3 is 2.39 bits per heavy atom. The molecule has 0 spiro atoms. The highest BCUT2D eigenvalue weighted by atomic mass is 16.5. The number of hydrogen-bond acceptors (Lipinski definition) is 4. The third-order valence-corrected chi connectivity index (χ3v) is 3.97. The molecular weight excluding hydrogens is 294 g/mol. The summed E-state index contributed by atoms with van der Waals surface area (Å²) in [7, 11) is 0. The van der Waals surface area contributed by atoms with Crippen LogP contribution in [0.2, 0.25) is 0 Å². The van der Waals surface area contributed by atoms with Gasteiger partial charge >= 0.3 is 0 Å². The van der Waals surface area contributed by atoms with Crippen molar-refractivity contribution in [2.45, 2.75) is 46.1 Å². The van der Waals surface area contributed by atoms with Crippen LogP contribution in [0.3, 0.4) is 0 Å². The number of benzene rings is 1. The number of carbonyl (C=O) groups is 2. The topological polar surface area (TPSA) is 83.0 Å². The molecule has 0 unspecified atom stereocenters. The maximum absolute atomic E-state index is 12.1. The molecule has 0 aliphatic rings. The van der Waals surface area contributed by atoms with Crippen molar-refractivity contribution in [3.63, 3.8) is 0 Å². The van der Waals surface area contributed by atoms with Gasteiger partial charge in [-0.2, -0.15) is 0 Å². The molecule has 0 heterocycles. The summed E-state index contributed by atoms with van der Waals surface area (Å²) in [6, 6.07) is 6.47. The molecule has 0 radical (unpaired) electrons. The fourth-order valence-corrected chi connectivity index (χ4v) is 2.31. The molecule has 23 heavy (non-hydrogen) atoms. The second-order valence-electron chi connectivity index (χ2n) is 5.80. The van der Waals surface area contributed by atoms with E-state index in [9.17, 15) is 14.7 Å². The molecule has 2 N–H and O–H groups in total. The first kappa shape index (κ1) is 19.2. The smallest absolute Gasteiger partial charge is 0.168 e. The number of carboxylic acid groups (broad SMARTS) is 1. The summed E-state index contributed by atoms with van der Waals surface area (Å²) in [5.41, 5.74) is 0.621. The average Bonchev–Trinajstić information content (AvgIpc) is 2.56. The van der Waals surface area contributed by atoms with Crippen molar-refractivity contribution >= 4 is 11.8 Å². The molecule has 5 nitrogen and oxygen atoms in total. The van der Waals surface area contributed by atoms with Gasteiger partial charge in [-0.05, 0) is 37.1 Å². The number of rotatable bonds is 11. The minimum atomic E-state index is -1.07. The Bertz CT molecular complexity index is 498. The van der Waals surface area contributed by atoms with Crippen LogP contribution in [-0.4, -0.2) is 30.9 Å². The summed E-state index contributed by atoms with van der Waals surface area (Å²) in [6.45, 7) is 6.96. The molecular formula is C18H27NO4. The quantitative estimate of drug-likeness (QED) is 0.610. The molecule has 1 aromatic carbocycles. The van der Waals surface area contributed by atoms with Gasteiger partial charge in [0.05, 0.1) is 25.5 Å². The highest BCUT2D eigenvalue weighted by Crippen LogP contribution is 2.13. The van der Waals surface area contributed by atoms with E-state index in [1.807, 2.05) is 20.8 Å². The van der Waals surface area contributed by atoms with Crippen molar-refractivity contribution in [1.82, 2.24) is 0 Å². The van der Waals surface area contributed by atoms with E-state index in [1.54, 1.807) is 29.6 Å². The van der Waals surface area contributed by atoms with Gasteiger partial charge in [-0.3, -0.25) is 4.79 Å². The van der Waals surface area contributed by atoms with Gasteiger partial charge in [0.25, 0.3) is 0 Å². The Balaban J connectivity index is 2.48. The summed E-state index contributed by atoms with van der Waals surface area (Å²) in [4.78, 5) is 23.3. The van der Waals surface area contributed by atoms with Gasteiger partial charge in [-0.25, -0.2) is 0 Å². The fourth-order valence-electron chi connectivity index (χ4n) is 2.31. The third-order valence-electron chi connectivity index (χ3n) is 3.97. The van der Waals surface area contributed by atoms with E-state index in [0.29, 0.717) is 25.1 Å². The SMILES string of the molecule is CCCOc1ccc(C(=O)CC[NH2+][C@@H](C(=O)[O-])[C@H](C)CC)cc1. The van der Waals surface area contributed by atoms with Gasteiger partial charge in [0.1, 0.15) is 11.8 Å². The van der Waals surface area contributed by atoms with Crippen molar-refractivity contribution < 1.29 is 24.7 Å². The van der Waals surface area contributed by atoms with E-state index in [0.717, 1.165) is 18.6 Å². The molecule has 0 aromatic heterocycles. The van der Waals surface area contributed by atoms with Crippen LogP contribution in [0, 0.1) is 5.92 Å². The standard InChI is InChI=1S/C18H27NO4/c1-4-12-23-15-8-6-14(7-9-15)16(20)10-11-19-17(18(21)22)13(3)5-2/h6-9,13,17,19H,4-5,10-12H2,1-3H3,(H,21,22)/t13-,17-/m1/s1. The summed E-state index contributed by atoms with van der Waals surface area (Å²) < 4.78 is 5.48. The van der Waals surface area contributed by atoms with Gasteiger partial charge in [0, 0.05) is 11.5 Å². The number of nitrogens with two attached hydrogens (primary N) is 1. The number of Topliss-reactive ketones (excluding diaryl/α,β-unsaturated/α-hetero) is 1. The Morgan fingerprint density at radius 1 is 1.22 bits per heavy atom. The third kappa shape index (κ3) is 6.40. The Kier molecular flexibility index (Phi) is 8.33. The number of aliphatic carboxylic acids is 1. The zero-order valence-electron chi connectivity index (χ0n) is 14.2. The van der Waals surface area contributed by atoms with Gasteiger partial charge in [0.2, 0.25) is 0 Å². The van der Waals surface area contributed by atoms with Crippen molar-refractivity contribution in [2.24, 2.45) is 5.92 Å². The van der Waals surface area contributed by atoms with E-state index in [1.165, 1.54) is 0 Å². The van der Waals surface area contributed by atoms with Crippen LogP contribution in [0.15, 0.2) is 24.3 Å². The molecule has 1 aromatic rings. The summed E-state index contributed by atoms with van der Waals surface area (Å²) >= 11 is 0. The number of carboxylic acids is 1. The number of ether oxygens (including phenoxy) is 1. The zero-order chi connectivity index (χ0) is 17.2. The van der Waals surface area contributed by atoms with Crippen molar-refractivity contribution in [3.05, 3.63) is 29.8 Å². The largest absolute Gasteiger partial charge is 0.544 e. The van der Waals surface area contributed by atoms with E-state index >= 15 is 0 Å². The molecule has 0 aliphatic carbocycles. The molecule has 0 amide bonds. The molecule has 0 bridgehead atoms. The van der Waals surface area contributed by atoms with E-state index in [4.69, 9.17) is 4.74 Å². The maximum Gasteiger partial charge on any atom is 0.168 e. The van der Waals surface area contributed by atoms with Crippen LogP contribution >= 0.6 is 0 Å². The van der Waals surface area contributed by atoms with Gasteiger partial charge in [0.15, 0.2) is 5.78 Å². The van der Waals surface area contributed by atoms with E-state index in [-0.39, 0.29) is 11.7 Å². The first-order valence-corrected chi connectivity index (χ1v) is 8.29. The monoisotopic (exact) mass is 321 g/mol. The van der Waals surface area contributed by atoms with Crippen molar-refractivity contribution in [1.29, 1.82) is 0 Å². The van der Waals surface area contributed by atoms with Crippen LogP contribution in [0.5, 0.6) is 5.75 Å². The normalized spacial score (nSPS) is 13.3. The molecule has 1 rings (SSSR count). The molecule has 5 heteroatoms. The molecule has 0 fully saturated rings. The first-order valence-electron chi connectivity index (χ1n) is 8.29. The summed E-state index contributed by atoms with van der Waals surface area (Å²) in [5.74, 6) is -0.289. The zero-order valence-corrected chi connectivity index (χ0v) is 14.2. The first-order chi connectivity index (χ1) is 11.0. The van der Waals surface area contributed by atoms with E-state index < -0.39 is 12.0 Å². The highest BCUT2D eigenvalue weighted by molar-refractivity contribution is 5.96. The number of ketones is 1. The number of hydrogen-bond donors (Lipinski definition) is 1. The van der Waals surface area contributed by atoms with Crippen LogP contribution in [-0.2, 0) is 4.79 Å². The van der Waals surface area contributed by atoms with Gasteiger partial charge < -0.3 is 20.0 Å². The van der Waals surface area contributed by atoms with Crippen LogP contribution in [0.25, 0.3) is 0 Å². The lowest BCUT2D eigenvalue weighted by molar-refractivity contribution is -0.688. The lowest BCUT2D eigenvalue weighted by Crippen LogP contribution is -2.94. The van der Waals surface area contributed by atoms with Gasteiger partial charge in [-0.15, -0.1) is 0 Å². The summed E-state index contributed by atoms with van der Waals surface area (Å²) in [6.07, 6.45) is 2.00. The highest BCUT2D eigenvalue weighted by Gasteiger charge is 2.20. The van der Waals surface area contributed by atoms with Crippen LogP contribution < -0.4 is 15.2 Å². The van der Waals surface area contributed by atoms with E-state index in [2.05, 4.69) is 0 Å². The Hall–Kier alpha value is -1.88. The molecule has 0 aliphatic heterocycles. The predicted octanol–water partition coefficient (Wildman–Crippen LogP) is 0.776. The molecule has 0 saturated heterocycles. The van der Waals surface area contributed by atoms with Crippen LogP contribution in [0.4, 0.5) is 0 Å². The minimum absolute atomic E-state index is 0.00420. The lowest BCUT2D eigenvalue weighted by Gasteiger charge is -2.21. The molecule has 128 valence electrons. The van der Waals surface area contributed by atoms with Gasteiger partial charge in [-0.1, -0.05) is 20.8 Å². The molecule has 2 atom stereocenters. The fraction of sp³-hybridized carbons (Fsp3) is 0.556. The number of quaternary nitrogens is 1. The second kappa shape index (κ2) is 10.0. The maximum atomic E-state index is 12.1. The Morgan fingerprint density at radius 2 is 1.87 bits per heavy atom. The average molecular weight is 321 g/mol. The Labute approximate surface area is 138 Å². The molecule has 0 saturated carbocycles.